The Kier molecular flexibility index (Phi) is 5.92. The molecule has 0 fully saturated rings. The Morgan fingerprint density at radius 1 is 1.14 bits per heavy atom. The number of pyridine rings is 1. The van der Waals surface area contributed by atoms with Crippen molar-refractivity contribution in [1.29, 1.82) is 5.26 Å². The fourth-order valence-electron chi connectivity index (χ4n) is 2.66. The van der Waals surface area contributed by atoms with Crippen LogP contribution in [0.15, 0.2) is 54.9 Å². The summed E-state index contributed by atoms with van der Waals surface area (Å²) in [7, 11) is 1.76. The van der Waals surface area contributed by atoms with Crippen LogP contribution in [0.4, 0.5) is 11.5 Å². The van der Waals surface area contributed by atoms with Crippen molar-refractivity contribution in [1.82, 2.24) is 19.9 Å². The summed E-state index contributed by atoms with van der Waals surface area (Å²) in [5, 5.41) is 12.0. The minimum absolute atomic E-state index is 0.164. The molecule has 28 heavy (non-hydrogen) atoms. The van der Waals surface area contributed by atoms with Crippen LogP contribution in [-0.2, 0) is 6.42 Å². The van der Waals surface area contributed by atoms with Crippen LogP contribution in [0.1, 0.15) is 27.4 Å². The number of aryl methyl sites for hydroxylation is 1. The van der Waals surface area contributed by atoms with Gasteiger partial charge in [0.05, 0.1) is 11.6 Å². The third-order valence-corrected chi connectivity index (χ3v) is 4.18. The van der Waals surface area contributed by atoms with Crippen molar-refractivity contribution in [2.75, 3.05) is 18.9 Å². The summed E-state index contributed by atoms with van der Waals surface area (Å²) < 4.78 is 0. The van der Waals surface area contributed by atoms with E-state index in [4.69, 9.17) is 5.26 Å². The number of benzene rings is 1. The van der Waals surface area contributed by atoms with Crippen molar-refractivity contribution in [3.8, 4) is 6.07 Å². The van der Waals surface area contributed by atoms with Gasteiger partial charge in [0.2, 0.25) is 0 Å². The number of hydrogen-bond acceptors (Lipinski definition) is 6. The average Bonchev–Trinajstić information content (AvgIpc) is 2.72. The largest absolute Gasteiger partial charge is 0.340 e. The zero-order valence-electron chi connectivity index (χ0n) is 15.8. The second-order valence-corrected chi connectivity index (χ2v) is 6.33. The molecule has 2 heterocycles. The molecular formula is C21H20N6O. The molecule has 0 aliphatic heterocycles. The molecule has 3 rings (SSSR count). The molecular weight excluding hydrogens is 352 g/mol. The van der Waals surface area contributed by atoms with Crippen LogP contribution in [0.25, 0.3) is 0 Å². The monoisotopic (exact) mass is 372 g/mol. The van der Waals surface area contributed by atoms with E-state index in [1.54, 1.807) is 61.6 Å². The van der Waals surface area contributed by atoms with Gasteiger partial charge in [-0.25, -0.2) is 9.97 Å². The van der Waals surface area contributed by atoms with E-state index in [9.17, 15) is 4.79 Å². The highest BCUT2D eigenvalue weighted by Gasteiger charge is 2.15. The highest BCUT2D eigenvalue weighted by molar-refractivity contribution is 5.93. The molecule has 0 saturated heterocycles. The molecule has 0 spiro atoms. The maximum absolute atomic E-state index is 12.8. The van der Waals surface area contributed by atoms with E-state index < -0.39 is 0 Å². The number of carbonyl (C=O) groups excluding carboxylic acids is 1. The third-order valence-electron chi connectivity index (χ3n) is 4.18. The average molecular weight is 372 g/mol. The molecule has 0 aliphatic rings. The van der Waals surface area contributed by atoms with Crippen molar-refractivity contribution in [3.05, 3.63) is 77.5 Å². The summed E-state index contributed by atoms with van der Waals surface area (Å²) in [6.07, 6.45) is 4.23. The molecule has 7 nitrogen and oxygen atoms in total. The number of rotatable bonds is 6. The maximum atomic E-state index is 12.8. The van der Waals surface area contributed by atoms with Gasteiger partial charge in [0.15, 0.2) is 0 Å². The van der Waals surface area contributed by atoms with Crippen molar-refractivity contribution >= 4 is 17.4 Å². The normalized spacial score (nSPS) is 10.2. The SMILES string of the molecule is Cc1nc(Nc2ccc(C#N)cc2)cc(C(=O)N(C)CCc2ccncc2)n1. The van der Waals surface area contributed by atoms with Gasteiger partial charge in [-0.1, -0.05) is 0 Å². The van der Waals surface area contributed by atoms with Crippen molar-refractivity contribution in [2.24, 2.45) is 0 Å². The molecule has 0 unspecified atom stereocenters. The van der Waals surface area contributed by atoms with Crippen LogP contribution in [0, 0.1) is 18.3 Å². The lowest BCUT2D eigenvalue weighted by Crippen LogP contribution is -2.30. The summed E-state index contributed by atoms with van der Waals surface area (Å²) in [5.74, 6) is 0.870. The molecule has 0 atom stereocenters. The quantitative estimate of drug-likeness (QED) is 0.714. The van der Waals surface area contributed by atoms with E-state index in [1.165, 1.54) is 0 Å². The van der Waals surface area contributed by atoms with E-state index >= 15 is 0 Å². The first-order chi connectivity index (χ1) is 13.5. The van der Waals surface area contributed by atoms with Gasteiger partial charge in [0.1, 0.15) is 17.3 Å². The van der Waals surface area contributed by atoms with Gasteiger partial charge in [-0.05, 0) is 55.3 Å². The lowest BCUT2D eigenvalue weighted by molar-refractivity contribution is 0.0790. The smallest absolute Gasteiger partial charge is 0.272 e. The number of likely N-dealkylation sites (N-methyl/N-ethyl adjacent to an activating group) is 1. The predicted molar refractivity (Wildman–Crippen MR) is 106 cm³/mol. The Morgan fingerprint density at radius 3 is 2.54 bits per heavy atom. The zero-order valence-corrected chi connectivity index (χ0v) is 15.8. The number of hydrogen-bond donors (Lipinski definition) is 1. The lowest BCUT2D eigenvalue weighted by Gasteiger charge is -2.17. The van der Waals surface area contributed by atoms with Gasteiger partial charge in [-0.15, -0.1) is 0 Å². The minimum atomic E-state index is -0.164. The molecule has 7 heteroatoms. The Hall–Kier alpha value is -3.79. The van der Waals surface area contributed by atoms with Crippen LogP contribution < -0.4 is 5.32 Å². The predicted octanol–water partition coefficient (Wildman–Crippen LogP) is 3.11. The zero-order chi connectivity index (χ0) is 19.9. The number of nitrogens with one attached hydrogen (secondary N) is 1. The molecule has 1 aromatic carbocycles. The third kappa shape index (κ3) is 4.89. The summed E-state index contributed by atoms with van der Waals surface area (Å²) in [6.45, 7) is 2.32. The Morgan fingerprint density at radius 2 is 1.86 bits per heavy atom. The van der Waals surface area contributed by atoms with Gasteiger partial charge in [-0.3, -0.25) is 9.78 Å². The van der Waals surface area contributed by atoms with Crippen molar-refractivity contribution < 1.29 is 4.79 Å². The van der Waals surface area contributed by atoms with Gasteiger partial charge < -0.3 is 10.2 Å². The first-order valence-corrected chi connectivity index (χ1v) is 8.82. The molecule has 0 saturated carbocycles. The number of anilines is 2. The molecule has 1 amide bonds. The summed E-state index contributed by atoms with van der Waals surface area (Å²) in [5.41, 5.74) is 2.82. The second-order valence-electron chi connectivity index (χ2n) is 6.33. The van der Waals surface area contributed by atoms with Crippen LogP contribution in [0.2, 0.25) is 0 Å². The van der Waals surface area contributed by atoms with Crippen molar-refractivity contribution in [2.45, 2.75) is 13.3 Å². The molecule has 0 aliphatic carbocycles. The van der Waals surface area contributed by atoms with E-state index in [2.05, 4.69) is 26.3 Å². The first kappa shape index (κ1) is 19.0. The van der Waals surface area contributed by atoms with Crippen LogP contribution in [-0.4, -0.2) is 39.4 Å². The fraction of sp³-hybridized carbons (Fsp3) is 0.190. The molecule has 140 valence electrons. The van der Waals surface area contributed by atoms with Crippen molar-refractivity contribution in [3.63, 3.8) is 0 Å². The number of amides is 1. The van der Waals surface area contributed by atoms with Gasteiger partial charge in [-0.2, -0.15) is 5.26 Å². The Balaban J connectivity index is 1.70. The number of nitrogens with zero attached hydrogens (tertiary/aromatic N) is 5. The van der Waals surface area contributed by atoms with E-state index in [-0.39, 0.29) is 5.91 Å². The number of aromatic nitrogens is 3. The van der Waals surface area contributed by atoms with Crippen LogP contribution >= 0.6 is 0 Å². The Labute approximate surface area is 163 Å². The molecule has 3 aromatic rings. The first-order valence-electron chi connectivity index (χ1n) is 8.82. The summed E-state index contributed by atoms with van der Waals surface area (Å²) >= 11 is 0. The molecule has 2 aromatic heterocycles. The van der Waals surface area contributed by atoms with Gasteiger partial charge in [0.25, 0.3) is 5.91 Å². The van der Waals surface area contributed by atoms with E-state index in [0.29, 0.717) is 29.4 Å². The minimum Gasteiger partial charge on any atom is -0.340 e. The second kappa shape index (κ2) is 8.73. The van der Waals surface area contributed by atoms with Crippen LogP contribution in [0.3, 0.4) is 0 Å². The highest BCUT2D eigenvalue weighted by Crippen LogP contribution is 2.17. The highest BCUT2D eigenvalue weighted by atomic mass is 16.2. The topological polar surface area (TPSA) is 94.8 Å². The molecule has 0 radical (unpaired) electrons. The summed E-state index contributed by atoms with van der Waals surface area (Å²) in [6, 6.07) is 14.6. The number of nitriles is 1. The maximum Gasteiger partial charge on any atom is 0.272 e. The molecule has 1 N–H and O–H groups in total. The van der Waals surface area contributed by atoms with Crippen LogP contribution in [0.5, 0.6) is 0 Å². The molecule has 0 bridgehead atoms. The van der Waals surface area contributed by atoms with E-state index in [0.717, 1.165) is 17.7 Å². The Bertz CT molecular complexity index is 996. The lowest BCUT2D eigenvalue weighted by atomic mass is 10.2. The van der Waals surface area contributed by atoms with Gasteiger partial charge in [0, 0.05) is 37.7 Å². The van der Waals surface area contributed by atoms with Gasteiger partial charge >= 0.3 is 0 Å². The summed E-state index contributed by atoms with van der Waals surface area (Å²) in [4.78, 5) is 27.0. The van der Waals surface area contributed by atoms with E-state index in [1.807, 2.05) is 12.1 Å². The standard InChI is InChI=1S/C21H20N6O/c1-15-24-19(21(28)27(2)12-9-16-7-10-23-11-8-16)13-20(25-15)26-18-5-3-17(14-22)4-6-18/h3-8,10-11,13H,9,12H2,1-2H3,(H,24,25,26). The fourth-order valence-corrected chi connectivity index (χ4v) is 2.66. The number of carbonyl (C=O) groups is 1.